The van der Waals surface area contributed by atoms with Gasteiger partial charge in [-0.3, -0.25) is 4.79 Å². The number of benzene rings is 1. The van der Waals surface area contributed by atoms with E-state index in [1.54, 1.807) is 17.0 Å². The summed E-state index contributed by atoms with van der Waals surface area (Å²) in [5.74, 6) is 0.0771. The van der Waals surface area contributed by atoms with Gasteiger partial charge in [-0.2, -0.15) is 0 Å². The van der Waals surface area contributed by atoms with Crippen molar-refractivity contribution in [1.82, 2.24) is 4.90 Å². The van der Waals surface area contributed by atoms with Crippen LogP contribution in [0.25, 0.3) is 0 Å². The van der Waals surface area contributed by atoms with Crippen LogP contribution in [-0.4, -0.2) is 40.2 Å². The van der Waals surface area contributed by atoms with Crippen LogP contribution in [0.2, 0.25) is 0 Å². The van der Waals surface area contributed by atoms with Gasteiger partial charge in [0.2, 0.25) is 0 Å². The van der Waals surface area contributed by atoms with Gasteiger partial charge >= 0.3 is 0 Å². The molecule has 4 nitrogen and oxygen atoms in total. The van der Waals surface area contributed by atoms with E-state index in [2.05, 4.69) is 0 Å². The molecule has 0 aliphatic carbocycles. The van der Waals surface area contributed by atoms with Gasteiger partial charge in [0.15, 0.2) is 0 Å². The molecule has 0 aromatic heterocycles. The van der Waals surface area contributed by atoms with E-state index in [0.717, 1.165) is 12.8 Å². The fourth-order valence-corrected chi connectivity index (χ4v) is 2.06. The van der Waals surface area contributed by atoms with Crippen molar-refractivity contribution in [3.8, 4) is 5.75 Å². The molecule has 1 saturated heterocycles. The third kappa shape index (κ3) is 2.02. The van der Waals surface area contributed by atoms with E-state index in [-0.39, 0.29) is 24.3 Å². The molecule has 1 aromatic rings. The maximum absolute atomic E-state index is 12.1. The first kappa shape index (κ1) is 11.0. The number of hydrogen-bond donors (Lipinski definition) is 2. The van der Waals surface area contributed by atoms with Gasteiger partial charge in [-0.15, -0.1) is 0 Å². The highest BCUT2D eigenvalue weighted by atomic mass is 16.3. The maximum atomic E-state index is 12.1. The van der Waals surface area contributed by atoms with Crippen LogP contribution in [0.1, 0.15) is 23.2 Å². The summed E-state index contributed by atoms with van der Waals surface area (Å²) >= 11 is 0. The topological polar surface area (TPSA) is 60.8 Å². The van der Waals surface area contributed by atoms with E-state index in [1.165, 1.54) is 12.1 Å². The third-order valence-corrected chi connectivity index (χ3v) is 2.96. The Labute approximate surface area is 94.1 Å². The molecule has 1 fully saturated rings. The number of nitrogens with zero attached hydrogens (tertiary/aromatic N) is 1. The zero-order valence-corrected chi connectivity index (χ0v) is 8.97. The largest absolute Gasteiger partial charge is 0.508 e. The summed E-state index contributed by atoms with van der Waals surface area (Å²) < 4.78 is 0. The van der Waals surface area contributed by atoms with Gasteiger partial charge in [-0.1, -0.05) is 0 Å². The Morgan fingerprint density at radius 3 is 2.69 bits per heavy atom. The van der Waals surface area contributed by atoms with E-state index in [4.69, 9.17) is 10.2 Å². The lowest BCUT2D eigenvalue weighted by atomic mass is 10.1. The lowest BCUT2D eigenvalue weighted by Crippen LogP contribution is -2.37. The molecule has 1 heterocycles. The number of hydrogen-bond acceptors (Lipinski definition) is 3. The molecule has 1 aromatic carbocycles. The number of amides is 1. The Kier molecular flexibility index (Phi) is 3.10. The second-order valence-corrected chi connectivity index (χ2v) is 4.02. The molecule has 2 rings (SSSR count). The molecule has 0 radical (unpaired) electrons. The summed E-state index contributed by atoms with van der Waals surface area (Å²) in [6, 6.07) is 6.14. The van der Waals surface area contributed by atoms with Crippen molar-refractivity contribution in [1.29, 1.82) is 0 Å². The standard InChI is InChI=1S/C12H15NO3/c14-8-10-2-1-7-13(10)12(16)9-3-5-11(15)6-4-9/h3-6,10,14-15H,1-2,7-8H2/t10-/m0/s1. The van der Waals surface area contributed by atoms with Crippen molar-refractivity contribution in [2.45, 2.75) is 18.9 Å². The maximum Gasteiger partial charge on any atom is 0.254 e. The van der Waals surface area contributed by atoms with Gasteiger partial charge in [0.05, 0.1) is 12.6 Å². The zero-order chi connectivity index (χ0) is 11.5. The Balaban J connectivity index is 2.15. The Morgan fingerprint density at radius 2 is 2.06 bits per heavy atom. The van der Waals surface area contributed by atoms with E-state index in [9.17, 15) is 4.79 Å². The number of likely N-dealkylation sites (tertiary alicyclic amines) is 1. The quantitative estimate of drug-likeness (QED) is 0.783. The molecular formula is C12H15NO3. The van der Waals surface area contributed by atoms with Crippen molar-refractivity contribution in [3.63, 3.8) is 0 Å². The Hall–Kier alpha value is -1.55. The van der Waals surface area contributed by atoms with Crippen molar-refractivity contribution >= 4 is 5.91 Å². The van der Waals surface area contributed by atoms with E-state index in [0.29, 0.717) is 12.1 Å². The van der Waals surface area contributed by atoms with Crippen LogP contribution in [0.4, 0.5) is 0 Å². The van der Waals surface area contributed by atoms with Gasteiger partial charge in [0, 0.05) is 12.1 Å². The minimum atomic E-state index is -0.0726. The minimum absolute atomic E-state index is 0.0177. The number of aliphatic hydroxyl groups is 1. The Bertz CT molecular complexity index is 374. The van der Waals surface area contributed by atoms with Gasteiger partial charge in [0.1, 0.15) is 5.75 Å². The van der Waals surface area contributed by atoms with Crippen molar-refractivity contribution < 1.29 is 15.0 Å². The number of phenolic OH excluding ortho intramolecular Hbond substituents is 1. The SMILES string of the molecule is O=C(c1ccc(O)cc1)N1CCC[C@H]1CO. The predicted molar refractivity (Wildman–Crippen MR) is 59.3 cm³/mol. The number of phenols is 1. The summed E-state index contributed by atoms with van der Waals surface area (Å²) in [5, 5.41) is 18.3. The fraction of sp³-hybridized carbons (Fsp3) is 0.417. The molecule has 0 unspecified atom stereocenters. The molecule has 16 heavy (non-hydrogen) atoms. The zero-order valence-electron chi connectivity index (χ0n) is 8.97. The molecule has 1 aliphatic heterocycles. The van der Waals surface area contributed by atoms with Crippen LogP contribution < -0.4 is 0 Å². The minimum Gasteiger partial charge on any atom is -0.508 e. The lowest BCUT2D eigenvalue weighted by Gasteiger charge is -2.22. The first-order chi connectivity index (χ1) is 7.72. The molecule has 1 atom stereocenters. The highest BCUT2D eigenvalue weighted by molar-refractivity contribution is 5.94. The highest BCUT2D eigenvalue weighted by Gasteiger charge is 2.28. The number of carbonyl (C=O) groups is 1. The summed E-state index contributed by atoms with van der Waals surface area (Å²) in [6.07, 6.45) is 1.80. The smallest absolute Gasteiger partial charge is 0.254 e. The van der Waals surface area contributed by atoms with Crippen LogP contribution in [0.3, 0.4) is 0 Å². The average molecular weight is 221 g/mol. The van der Waals surface area contributed by atoms with Crippen molar-refractivity contribution in [3.05, 3.63) is 29.8 Å². The summed E-state index contributed by atoms with van der Waals surface area (Å²) in [5.41, 5.74) is 0.554. The van der Waals surface area contributed by atoms with Gasteiger partial charge in [0.25, 0.3) is 5.91 Å². The molecule has 0 saturated carbocycles. The summed E-state index contributed by atoms with van der Waals surface area (Å²) in [4.78, 5) is 13.8. The first-order valence-electron chi connectivity index (χ1n) is 5.43. The number of carbonyl (C=O) groups excluding carboxylic acids is 1. The second-order valence-electron chi connectivity index (χ2n) is 4.02. The van der Waals surface area contributed by atoms with Gasteiger partial charge < -0.3 is 15.1 Å². The molecule has 2 N–H and O–H groups in total. The van der Waals surface area contributed by atoms with Crippen molar-refractivity contribution in [2.24, 2.45) is 0 Å². The molecule has 0 spiro atoms. The number of aromatic hydroxyl groups is 1. The van der Waals surface area contributed by atoms with Gasteiger partial charge in [-0.25, -0.2) is 0 Å². The van der Waals surface area contributed by atoms with E-state index < -0.39 is 0 Å². The summed E-state index contributed by atoms with van der Waals surface area (Å²) in [6.45, 7) is 0.717. The van der Waals surface area contributed by atoms with Crippen LogP contribution in [0.5, 0.6) is 5.75 Å². The molecule has 1 amide bonds. The highest BCUT2D eigenvalue weighted by Crippen LogP contribution is 2.20. The lowest BCUT2D eigenvalue weighted by molar-refractivity contribution is 0.0677. The van der Waals surface area contributed by atoms with Gasteiger partial charge in [-0.05, 0) is 37.1 Å². The summed E-state index contributed by atoms with van der Waals surface area (Å²) in [7, 11) is 0. The van der Waals surface area contributed by atoms with Crippen LogP contribution in [0, 0.1) is 0 Å². The number of aliphatic hydroxyl groups excluding tert-OH is 1. The predicted octanol–water partition coefficient (Wildman–Crippen LogP) is 0.989. The normalized spacial score (nSPS) is 20.1. The molecule has 86 valence electrons. The van der Waals surface area contributed by atoms with Crippen LogP contribution in [-0.2, 0) is 0 Å². The second kappa shape index (κ2) is 4.53. The third-order valence-electron chi connectivity index (χ3n) is 2.96. The fourth-order valence-electron chi connectivity index (χ4n) is 2.06. The van der Waals surface area contributed by atoms with Crippen molar-refractivity contribution in [2.75, 3.05) is 13.2 Å². The van der Waals surface area contributed by atoms with Crippen LogP contribution in [0.15, 0.2) is 24.3 Å². The number of rotatable bonds is 2. The molecule has 1 aliphatic rings. The Morgan fingerprint density at radius 1 is 1.38 bits per heavy atom. The first-order valence-corrected chi connectivity index (χ1v) is 5.43. The van der Waals surface area contributed by atoms with Crippen LogP contribution >= 0.6 is 0 Å². The monoisotopic (exact) mass is 221 g/mol. The van der Waals surface area contributed by atoms with E-state index in [1.807, 2.05) is 0 Å². The van der Waals surface area contributed by atoms with E-state index >= 15 is 0 Å². The molecule has 0 bridgehead atoms. The molecular weight excluding hydrogens is 206 g/mol. The molecule has 4 heteroatoms. The average Bonchev–Trinajstić information content (AvgIpc) is 2.77.